The Hall–Kier alpha value is -0.350. The van der Waals surface area contributed by atoms with Crippen LogP contribution in [-0.2, 0) is 0 Å². The van der Waals surface area contributed by atoms with E-state index in [4.69, 9.17) is 34.8 Å². The van der Waals surface area contributed by atoms with Crippen molar-refractivity contribution in [1.29, 1.82) is 0 Å². The van der Waals surface area contributed by atoms with Gasteiger partial charge in [-0.15, -0.1) is 0 Å². The van der Waals surface area contributed by atoms with E-state index >= 15 is 0 Å². The quantitative estimate of drug-likeness (QED) is 0.413. The second-order valence-corrected chi connectivity index (χ2v) is 5.98. The van der Waals surface area contributed by atoms with Gasteiger partial charge in [0.05, 0.1) is 9.85 Å². The van der Waals surface area contributed by atoms with Gasteiger partial charge in [-0.25, -0.2) is 8.78 Å². The summed E-state index contributed by atoms with van der Waals surface area (Å²) in [5.74, 6) is -1.31. The first-order chi connectivity index (χ1) is 8.90. The standard InChI is InChI=1S/C13H6BrCl3F2/c14-13(7-3-6(15)1-2-9(7)16)8-4-12(19)10(17)5-11(8)18/h1-5,13H. The van der Waals surface area contributed by atoms with E-state index in [0.717, 1.165) is 12.1 Å². The minimum absolute atomic E-state index is 0.103. The van der Waals surface area contributed by atoms with Gasteiger partial charge in [0.1, 0.15) is 11.6 Å². The molecule has 0 amide bonds. The van der Waals surface area contributed by atoms with Crippen LogP contribution in [0.1, 0.15) is 16.0 Å². The third-order valence-corrected chi connectivity index (χ3v) is 4.40. The zero-order chi connectivity index (χ0) is 14.2. The predicted molar refractivity (Wildman–Crippen MR) is 78.6 cm³/mol. The van der Waals surface area contributed by atoms with Crippen molar-refractivity contribution in [2.24, 2.45) is 0 Å². The molecule has 0 aliphatic rings. The molecule has 0 spiro atoms. The van der Waals surface area contributed by atoms with E-state index in [0.29, 0.717) is 15.6 Å². The number of hydrogen-bond acceptors (Lipinski definition) is 0. The van der Waals surface area contributed by atoms with Crippen molar-refractivity contribution in [3.05, 3.63) is 68.2 Å². The molecule has 0 N–H and O–H groups in total. The number of benzene rings is 2. The van der Waals surface area contributed by atoms with Gasteiger partial charge >= 0.3 is 0 Å². The minimum atomic E-state index is -0.694. The maximum Gasteiger partial charge on any atom is 0.142 e. The average molecular weight is 386 g/mol. The molecule has 0 radical (unpaired) electrons. The summed E-state index contributed by atoms with van der Waals surface area (Å²) in [5.41, 5.74) is 0.654. The molecule has 0 aromatic heterocycles. The van der Waals surface area contributed by atoms with Crippen LogP contribution in [0.2, 0.25) is 15.1 Å². The smallest absolute Gasteiger partial charge is 0.142 e. The summed E-state index contributed by atoms with van der Waals surface area (Å²) in [6.45, 7) is 0. The van der Waals surface area contributed by atoms with E-state index in [1.165, 1.54) is 0 Å². The van der Waals surface area contributed by atoms with Gasteiger partial charge in [-0.3, -0.25) is 0 Å². The fourth-order valence-electron chi connectivity index (χ4n) is 1.61. The van der Waals surface area contributed by atoms with Crippen LogP contribution in [-0.4, -0.2) is 0 Å². The molecule has 1 atom stereocenters. The van der Waals surface area contributed by atoms with Gasteiger partial charge in [-0.1, -0.05) is 50.7 Å². The van der Waals surface area contributed by atoms with Crippen molar-refractivity contribution in [3.63, 3.8) is 0 Å². The lowest BCUT2D eigenvalue weighted by atomic mass is 10.0. The van der Waals surface area contributed by atoms with E-state index in [2.05, 4.69) is 15.9 Å². The van der Waals surface area contributed by atoms with Crippen LogP contribution >= 0.6 is 50.7 Å². The molecule has 0 aliphatic heterocycles. The van der Waals surface area contributed by atoms with E-state index in [-0.39, 0.29) is 10.6 Å². The first-order valence-electron chi connectivity index (χ1n) is 5.13. The summed E-state index contributed by atoms with van der Waals surface area (Å²) < 4.78 is 27.3. The van der Waals surface area contributed by atoms with Gasteiger partial charge in [0.25, 0.3) is 0 Å². The molecule has 1 unspecified atom stereocenters. The van der Waals surface area contributed by atoms with Crippen LogP contribution in [0.5, 0.6) is 0 Å². The Labute approximate surface area is 132 Å². The molecular formula is C13H6BrCl3F2. The highest BCUT2D eigenvalue weighted by Crippen LogP contribution is 2.38. The van der Waals surface area contributed by atoms with Crippen LogP contribution in [0, 0.1) is 11.6 Å². The molecule has 2 rings (SSSR count). The predicted octanol–water partition coefficient (Wildman–Crippen LogP) is 6.41. The first kappa shape index (κ1) is 15.0. The lowest BCUT2D eigenvalue weighted by molar-refractivity contribution is 0.588. The Morgan fingerprint density at radius 2 is 1.53 bits per heavy atom. The Kier molecular flexibility index (Phi) is 4.72. The number of rotatable bonds is 2. The fourth-order valence-corrected chi connectivity index (χ4v) is 3.03. The molecular weight excluding hydrogens is 380 g/mol. The molecule has 2 aromatic carbocycles. The second-order valence-electron chi connectivity index (χ2n) is 3.82. The summed E-state index contributed by atoms with van der Waals surface area (Å²) in [7, 11) is 0. The Morgan fingerprint density at radius 1 is 0.842 bits per heavy atom. The van der Waals surface area contributed by atoms with Gasteiger partial charge in [0.2, 0.25) is 0 Å². The zero-order valence-electron chi connectivity index (χ0n) is 9.23. The molecule has 19 heavy (non-hydrogen) atoms. The van der Waals surface area contributed by atoms with Crippen LogP contribution in [0.25, 0.3) is 0 Å². The summed E-state index contributed by atoms with van der Waals surface area (Å²) >= 11 is 20.7. The monoisotopic (exact) mass is 384 g/mol. The third-order valence-electron chi connectivity index (χ3n) is 2.54. The molecule has 0 aliphatic carbocycles. The van der Waals surface area contributed by atoms with E-state index < -0.39 is 16.5 Å². The Morgan fingerprint density at radius 3 is 2.21 bits per heavy atom. The average Bonchev–Trinajstić information content (AvgIpc) is 2.36. The maximum absolute atomic E-state index is 13.8. The van der Waals surface area contributed by atoms with Crippen molar-refractivity contribution >= 4 is 50.7 Å². The summed E-state index contributed by atoms with van der Waals surface area (Å²) in [5, 5.41) is 0.595. The molecule has 0 fully saturated rings. The number of hydrogen-bond donors (Lipinski definition) is 0. The van der Waals surface area contributed by atoms with Crippen molar-refractivity contribution < 1.29 is 8.78 Å². The molecule has 0 heterocycles. The minimum Gasteiger partial charge on any atom is -0.207 e. The van der Waals surface area contributed by atoms with E-state index in [1.807, 2.05) is 0 Å². The van der Waals surface area contributed by atoms with Crippen LogP contribution < -0.4 is 0 Å². The Bertz CT molecular complexity index is 632. The molecule has 0 saturated carbocycles. The van der Waals surface area contributed by atoms with Gasteiger partial charge < -0.3 is 0 Å². The summed E-state index contributed by atoms with van der Waals surface area (Å²) in [6.07, 6.45) is 0. The van der Waals surface area contributed by atoms with Gasteiger partial charge in [-0.2, -0.15) is 0 Å². The van der Waals surface area contributed by atoms with Gasteiger partial charge in [-0.05, 0) is 35.9 Å². The SMILES string of the molecule is Fc1cc(C(Br)c2cc(Cl)ccc2Cl)c(F)cc1Cl. The highest BCUT2D eigenvalue weighted by atomic mass is 79.9. The molecule has 0 saturated heterocycles. The summed E-state index contributed by atoms with van der Waals surface area (Å²) in [4.78, 5) is -0.620. The van der Waals surface area contributed by atoms with Crippen LogP contribution in [0.3, 0.4) is 0 Å². The molecule has 100 valence electrons. The maximum atomic E-state index is 13.8. The summed E-state index contributed by atoms with van der Waals surface area (Å²) in [6, 6.07) is 6.77. The van der Waals surface area contributed by atoms with Crippen molar-refractivity contribution in [2.45, 2.75) is 4.83 Å². The second kappa shape index (κ2) is 5.96. The van der Waals surface area contributed by atoms with Crippen LogP contribution in [0.4, 0.5) is 8.78 Å². The van der Waals surface area contributed by atoms with Gasteiger partial charge in [0, 0.05) is 15.6 Å². The third kappa shape index (κ3) is 3.22. The van der Waals surface area contributed by atoms with Crippen LogP contribution in [0.15, 0.2) is 30.3 Å². The largest absolute Gasteiger partial charge is 0.207 e. The molecule has 0 nitrogen and oxygen atoms in total. The highest BCUT2D eigenvalue weighted by molar-refractivity contribution is 9.09. The Balaban J connectivity index is 2.52. The normalized spacial score (nSPS) is 12.5. The topological polar surface area (TPSA) is 0 Å². The lowest BCUT2D eigenvalue weighted by Gasteiger charge is -2.14. The highest BCUT2D eigenvalue weighted by Gasteiger charge is 2.20. The van der Waals surface area contributed by atoms with E-state index in [9.17, 15) is 8.78 Å². The van der Waals surface area contributed by atoms with Crippen molar-refractivity contribution in [2.75, 3.05) is 0 Å². The molecule has 6 heteroatoms. The lowest BCUT2D eigenvalue weighted by Crippen LogP contribution is -1.99. The zero-order valence-corrected chi connectivity index (χ0v) is 13.1. The number of halogens is 6. The molecule has 0 bridgehead atoms. The van der Waals surface area contributed by atoms with Crippen molar-refractivity contribution in [1.82, 2.24) is 0 Å². The van der Waals surface area contributed by atoms with Gasteiger partial charge in [0.15, 0.2) is 0 Å². The number of alkyl halides is 1. The molecule has 2 aromatic rings. The van der Waals surface area contributed by atoms with Crippen molar-refractivity contribution in [3.8, 4) is 0 Å². The first-order valence-corrected chi connectivity index (χ1v) is 7.18. The fraction of sp³-hybridized carbons (Fsp3) is 0.0769. The van der Waals surface area contributed by atoms with E-state index in [1.54, 1.807) is 18.2 Å².